The Morgan fingerprint density at radius 3 is 2.68 bits per heavy atom. The lowest BCUT2D eigenvalue weighted by molar-refractivity contribution is -0.118. The molecule has 19 heavy (non-hydrogen) atoms. The minimum absolute atomic E-state index is 0.00458. The summed E-state index contributed by atoms with van der Waals surface area (Å²) in [4.78, 5) is 11.9. The lowest BCUT2D eigenvalue weighted by Gasteiger charge is -2.35. The summed E-state index contributed by atoms with van der Waals surface area (Å²) in [5.74, 6) is 1.54. The van der Waals surface area contributed by atoms with Gasteiger partial charge < -0.3 is 14.5 Å². The molecule has 0 saturated carbocycles. The quantitative estimate of drug-likeness (QED) is 0.892. The van der Waals surface area contributed by atoms with Crippen LogP contribution in [0, 0.1) is 5.41 Å². The molecule has 4 nitrogen and oxygen atoms in total. The van der Waals surface area contributed by atoms with Gasteiger partial charge in [-0.1, -0.05) is 20.8 Å². The van der Waals surface area contributed by atoms with Gasteiger partial charge in [-0.15, -0.1) is 0 Å². The van der Waals surface area contributed by atoms with E-state index >= 15 is 0 Å². The van der Waals surface area contributed by atoms with Crippen molar-refractivity contribution in [3.63, 3.8) is 0 Å². The number of methoxy groups -OCH3 is 1. The predicted octanol–water partition coefficient (Wildman–Crippen LogP) is 2.83. The van der Waals surface area contributed by atoms with Gasteiger partial charge in [0, 0.05) is 24.5 Å². The van der Waals surface area contributed by atoms with Crippen molar-refractivity contribution in [2.75, 3.05) is 7.11 Å². The first-order chi connectivity index (χ1) is 8.91. The van der Waals surface area contributed by atoms with Crippen LogP contribution in [-0.2, 0) is 9.53 Å². The summed E-state index contributed by atoms with van der Waals surface area (Å²) < 4.78 is 10.8. The molecule has 0 aliphatic carbocycles. The minimum atomic E-state index is -0.106. The average Bonchev–Trinajstić information content (AvgIpc) is 2.78. The van der Waals surface area contributed by atoms with Crippen LogP contribution in [0.2, 0.25) is 0 Å². The number of allylic oxidation sites excluding steroid dienone is 1. The Hall–Kier alpha value is -1.71. The molecule has 2 rings (SSSR count). The van der Waals surface area contributed by atoms with Crippen molar-refractivity contribution in [3.8, 4) is 0 Å². The number of ether oxygens (including phenoxy) is 1. The van der Waals surface area contributed by atoms with Crippen molar-refractivity contribution in [1.82, 2.24) is 5.32 Å². The number of furan rings is 1. The van der Waals surface area contributed by atoms with Crippen LogP contribution in [0.1, 0.15) is 38.9 Å². The minimum Gasteiger partial charge on any atom is -0.501 e. The highest BCUT2D eigenvalue weighted by Crippen LogP contribution is 2.37. The third kappa shape index (κ3) is 3.00. The summed E-state index contributed by atoms with van der Waals surface area (Å²) >= 11 is 0. The molecule has 2 heterocycles. The Morgan fingerprint density at radius 1 is 1.42 bits per heavy atom. The Kier molecular flexibility index (Phi) is 3.69. The van der Waals surface area contributed by atoms with Gasteiger partial charge in [0.15, 0.2) is 0 Å². The molecule has 1 amide bonds. The zero-order valence-corrected chi connectivity index (χ0v) is 11.9. The van der Waals surface area contributed by atoms with E-state index in [1.807, 2.05) is 12.1 Å². The lowest BCUT2D eigenvalue weighted by Crippen LogP contribution is -2.46. The van der Waals surface area contributed by atoms with Gasteiger partial charge in [0.1, 0.15) is 11.5 Å². The summed E-state index contributed by atoms with van der Waals surface area (Å²) in [5.41, 5.74) is -0.0653. The fraction of sp³-hybridized carbons (Fsp3) is 0.533. The van der Waals surface area contributed by atoms with E-state index < -0.39 is 0 Å². The van der Waals surface area contributed by atoms with Crippen molar-refractivity contribution in [2.45, 2.75) is 39.2 Å². The van der Waals surface area contributed by atoms with E-state index in [-0.39, 0.29) is 23.3 Å². The summed E-state index contributed by atoms with van der Waals surface area (Å²) in [5, 5.41) is 3.07. The van der Waals surface area contributed by atoms with E-state index in [0.29, 0.717) is 12.2 Å². The number of hydrogen-bond donors (Lipinski definition) is 1. The summed E-state index contributed by atoms with van der Waals surface area (Å²) in [6.45, 7) is 6.35. The summed E-state index contributed by atoms with van der Waals surface area (Å²) in [6.07, 6.45) is 3.85. The predicted molar refractivity (Wildman–Crippen MR) is 72.5 cm³/mol. The van der Waals surface area contributed by atoms with E-state index in [2.05, 4.69) is 26.1 Å². The Labute approximate surface area is 113 Å². The molecule has 1 aliphatic heterocycles. The molecule has 1 aromatic rings. The molecule has 0 aromatic carbocycles. The second-order valence-electron chi connectivity index (χ2n) is 5.99. The first-order valence-corrected chi connectivity index (χ1v) is 6.50. The number of hydrogen-bond acceptors (Lipinski definition) is 3. The Bertz CT molecular complexity index is 468. The van der Waals surface area contributed by atoms with Crippen molar-refractivity contribution >= 4 is 5.91 Å². The van der Waals surface area contributed by atoms with E-state index in [1.54, 1.807) is 13.4 Å². The topological polar surface area (TPSA) is 51.5 Å². The molecule has 2 atom stereocenters. The van der Waals surface area contributed by atoms with Gasteiger partial charge in [0.25, 0.3) is 0 Å². The molecule has 1 aromatic heterocycles. The van der Waals surface area contributed by atoms with Crippen LogP contribution in [0.25, 0.3) is 0 Å². The molecular formula is C15H21NO3. The van der Waals surface area contributed by atoms with Crippen LogP contribution in [0.15, 0.2) is 34.6 Å². The summed E-state index contributed by atoms with van der Waals surface area (Å²) in [6, 6.07) is 3.82. The summed E-state index contributed by atoms with van der Waals surface area (Å²) in [7, 11) is 1.59. The maximum Gasteiger partial charge on any atom is 0.247 e. The lowest BCUT2D eigenvalue weighted by atomic mass is 9.76. The van der Waals surface area contributed by atoms with Crippen LogP contribution >= 0.6 is 0 Å². The average molecular weight is 263 g/mol. The van der Waals surface area contributed by atoms with Gasteiger partial charge in [-0.2, -0.15) is 0 Å². The van der Waals surface area contributed by atoms with E-state index in [4.69, 9.17) is 9.15 Å². The SMILES string of the molecule is COC1=CC(=O)N[C@@H](C(C)(C)C)[C@@H](c2ccco2)C1. The maximum atomic E-state index is 11.9. The number of amides is 1. The van der Waals surface area contributed by atoms with Crippen LogP contribution in [-0.4, -0.2) is 19.1 Å². The molecule has 4 heteroatoms. The standard InChI is InChI=1S/C15H21NO3/c1-15(2,3)14-11(12-6-5-7-19-12)8-10(18-4)9-13(17)16-14/h5-7,9,11,14H,8H2,1-4H3,(H,16,17)/t11-,14-/m1/s1. The highest BCUT2D eigenvalue weighted by molar-refractivity contribution is 5.88. The third-order valence-electron chi connectivity index (χ3n) is 3.52. The Balaban J connectivity index is 2.38. The first-order valence-electron chi connectivity index (χ1n) is 6.50. The van der Waals surface area contributed by atoms with Gasteiger partial charge in [-0.25, -0.2) is 0 Å². The van der Waals surface area contributed by atoms with Gasteiger partial charge in [-0.3, -0.25) is 4.79 Å². The van der Waals surface area contributed by atoms with Crippen LogP contribution in [0.3, 0.4) is 0 Å². The monoisotopic (exact) mass is 263 g/mol. The van der Waals surface area contributed by atoms with Crippen LogP contribution < -0.4 is 5.32 Å². The molecule has 0 bridgehead atoms. The highest BCUT2D eigenvalue weighted by Gasteiger charge is 2.38. The molecule has 0 fully saturated rings. The number of carbonyl (C=O) groups excluding carboxylic acids is 1. The van der Waals surface area contributed by atoms with Gasteiger partial charge in [0.2, 0.25) is 5.91 Å². The molecule has 104 valence electrons. The molecule has 0 unspecified atom stereocenters. The zero-order chi connectivity index (χ0) is 14.0. The smallest absolute Gasteiger partial charge is 0.247 e. The van der Waals surface area contributed by atoms with Gasteiger partial charge in [-0.05, 0) is 17.5 Å². The first kappa shape index (κ1) is 13.7. The number of nitrogens with one attached hydrogen (secondary N) is 1. The van der Waals surface area contributed by atoms with Crippen molar-refractivity contribution in [3.05, 3.63) is 36.0 Å². The van der Waals surface area contributed by atoms with Gasteiger partial charge >= 0.3 is 0 Å². The third-order valence-corrected chi connectivity index (χ3v) is 3.52. The number of rotatable bonds is 2. The molecule has 0 spiro atoms. The number of carbonyl (C=O) groups is 1. The normalized spacial score (nSPS) is 24.4. The zero-order valence-electron chi connectivity index (χ0n) is 11.9. The van der Waals surface area contributed by atoms with E-state index in [0.717, 1.165) is 5.76 Å². The van der Waals surface area contributed by atoms with Crippen LogP contribution in [0.4, 0.5) is 0 Å². The molecular weight excluding hydrogens is 242 g/mol. The largest absolute Gasteiger partial charge is 0.501 e. The highest BCUT2D eigenvalue weighted by atomic mass is 16.5. The maximum absolute atomic E-state index is 11.9. The fourth-order valence-corrected chi connectivity index (χ4v) is 2.56. The Morgan fingerprint density at radius 2 is 2.16 bits per heavy atom. The van der Waals surface area contributed by atoms with Crippen molar-refractivity contribution < 1.29 is 13.9 Å². The molecule has 0 radical (unpaired) electrons. The van der Waals surface area contributed by atoms with Crippen molar-refractivity contribution in [1.29, 1.82) is 0 Å². The van der Waals surface area contributed by atoms with Crippen molar-refractivity contribution in [2.24, 2.45) is 5.41 Å². The molecule has 1 aliphatic rings. The molecule has 1 N–H and O–H groups in total. The van der Waals surface area contributed by atoms with Crippen LogP contribution in [0.5, 0.6) is 0 Å². The van der Waals surface area contributed by atoms with E-state index in [1.165, 1.54) is 6.08 Å². The van der Waals surface area contributed by atoms with Gasteiger partial charge in [0.05, 0.1) is 13.4 Å². The fourth-order valence-electron chi connectivity index (χ4n) is 2.56. The van der Waals surface area contributed by atoms with E-state index in [9.17, 15) is 4.79 Å². The molecule has 0 saturated heterocycles. The second-order valence-corrected chi connectivity index (χ2v) is 5.99. The second kappa shape index (κ2) is 5.11.